The normalized spacial score (nSPS) is 15.2. The Kier molecular flexibility index (Phi) is 5.01. The molecule has 7 nitrogen and oxygen atoms in total. The lowest BCUT2D eigenvalue weighted by Gasteiger charge is -2.33. The van der Waals surface area contributed by atoms with E-state index in [0.29, 0.717) is 36.6 Å². The Hall–Kier alpha value is -2.75. The highest BCUT2D eigenvalue weighted by molar-refractivity contribution is 7.19. The number of nitrogens with one attached hydrogen (secondary N) is 1. The first-order valence-corrected chi connectivity index (χ1v) is 11.4. The average molecular weight is 441 g/mol. The fourth-order valence-corrected chi connectivity index (χ4v) is 5.63. The number of H-pyrrole nitrogens is 1. The van der Waals surface area contributed by atoms with Crippen LogP contribution in [0.15, 0.2) is 45.1 Å². The van der Waals surface area contributed by atoms with Crippen molar-refractivity contribution in [2.24, 2.45) is 0 Å². The molecule has 0 radical (unpaired) electrons. The summed E-state index contributed by atoms with van der Waals surface area (Å²) < 4.78 is 5.21. The van der Waals surface area contributed by atoms with Crippen LogP contribution in [0.5, 0.6) is 0 Å². The quantitative estimate of drug-likeness (QED) is 0.525. The van der Waals surface area contributed by atoms with Gasteiger partial charge in [-0.1, -0.05) is 0 Å². The van der Waals surface area contributed by atoms with Crippen molar-refractivity contribution in [3.8, 4) is 10.4 Å². The monoisotopic (exact) mass is 440 g/mol. The van der Waals surface area contributed by atoms with E-state index in [1.165, 1.54) is 22.5 Å². The Labute approximate surface area is 180 Å². The number of furan rings is 1. The number of aromatic amines is 1. The fourth-order valence-electron chi connectivity index (χ4n) is 3.71. The molecule has 4 aromatic heterocycles. The van der Waals surface area contributed by atoms with Crippen LogP contribution in [-0.4, -0.2) is 51.9 Å². The predicted molar refractivity (Wildman–Crippen MR) is 118 cm³/mol. The van der Waals surface area contributed by atoms with Crippen molar-refractivity contribution in [3.05, 3.63) is 62.7 Å². The van der Waals surface area contributed by atoms with Gasteiger partial charge in [0, 0.05) is 46.9 Å². The molecule has 1 fully saturated rings. The number of aryl methyl sites for hydroxylation is 1. The number of aromatic nitrogens is 2. The number of nitrogens with zero attached hydrogens (tertiary/aromatic N) is 3. The Morgan fingerprint density at radius 3 is 2.77 bits per heavy atom. The fraction of sp³-hybridized carbons (Fsp3) is 0.286. The molecule has 1 amide bonds. The van der Waals surface area contributed by atoms with Crippen molar-refractivity contribution < 1.29 is 9.21 Å². The van der Waals surface area contributed by atoms with Crippen LogP contribution in [-0.2, 0) is 6.54 Å². The number of fused-ring (bicyclic) bond motifs is 1. The van der Waals surface area contributed by atoms with E-state index in [-0.39, 0.29) is 11.5 Å². The van der Waals surface area contributed by atoms with Gasteiger partial charge in [-0.15, -0.1) is 22.7 Å². The zero-order valence-electron chi connectivity index (χ0n) is 16.4. The molecule has 0 unspecified atom stereocenters. The molecule has 154 valence electrons. The summed E-state index contributed by atoms with van der Waals surface area (Å²) in [7, 11) is 0. The largest absolute Gasteiger partial charge is 0.459 e. The van der Waals surface area contributed by atoms with Gasteiger partial charge in [-0.2, -0.15) is 0 Å². The minimum Gasteiger partial charge on any atom is -0.459 e. The van der Waals surface area contributed by atoms with Crippen LogP contribution in [0.1, 0.15) is 21.3 Å². The van der Waals surface area contributed by atoms with Gasteiger partial charge in [-0.05, 0) is 31.2 Å². The molecule has 0 bridgehead atoms. The van der Waals surface area contributed by atoms with Crippen molar-refractivity contribution in [1.29, 1.82) is 0 Å². The molecule has 0 saturated carbocycles. The van der Waals surface area contributed by atoms with Gasteiger partial charge in [0.2, 0.25) is 0 Å². The van der Waals surface area contributed by atoms with Gasteiger partial charge >= 0.3 is 0 Å². The molecule has 0 aromatic carbocycles. The van der Waals surface area contributed by atoms with Crippen LogP contribution in [0.4, 0.5) is 0 Å². The highest BCUT2D eigenvalue weighted by Crippen LogP contribution is 2.35. The van der Waals surface area contributed by atoms with Gasteiger partial charge in [0.1, 0.15) is 10.7 Å². The van der Waals surface area contributed by atoms with Gasteiger partial charge in [0.05, 0.1) is 18.2 Å². The number of amides is 1. The van der Waals surface area contributed by atoms with E-state index >= 15 is 0 Å². The Morgan fingerprint density at radius 2 is 2.07 bits per heavy atom. The van der Waals surface area contributed by atoms with Crippen molar-refractivity contribution in [1.82, 2.24) is 19.8 Å². The minimum absolute atomic E-state index is 0.0810. The molecule has 1 aliphatic rings. The lowest BCUT2D eigenvalue weighted by molar-refractivity contribution is 0.0595. The second-order valence-corrected chi connectivity index (χ2v) is 9.44. The van der Waals surface area contributed by atoms with E-state index in [0.717, 1.165) is 28.4 Å². The van der Waals surface area contributed by atoms with Crippen LogP contribution in [0.25, 0.3) is 20.7 Å². The third-order valence-electron chi connectivity index (χ3n) is 5.26. The molecule has 9 heteroatoms. The van der Waals surface area contributed by atoms with Gasteiger partial charge in [0.15, 0.2) is 5.76 Å². The molecular formula is C21H20N4O3S2. The molecule has 1 N–H and O–H groups in total. The lowest BCUT2D eigenvalue weighted by Crippen LogP contribution is -2.48. The number of carbonyl (C=O) groups is 1. The lowest BCUT2D eigenvalue weighted by atomic mass is 10.2. The standard InChI is InChI=1S/C21H20N4O3S2/c1-13-4-5-16(30-13)14-12-29-20-18(14)19(26)22-17(23-20)11-24-6-8-25(9-7-24)21(27)15-3-2-10-28-15/h2-5,10,12H,6-9,11H2,1H3,(H,22,23,26). The SMILES string of the molecule is Cc1ccc(-c2csc3nc(CN4CCN(C(=O)c5ccco5)CC4)[nH]c(=O)c23)s1. The molecule has 5 heterocycles. The maximum absolute atomic E-state index is 12.8. The van der Waals surface area contributed by atoms with Gasteiger partial charge in [-0.25, -0.2) is 4.98 Å². The topological polar surface area (TPSA) is 82.4 Å². The van der Waals surface area contributed by atoms with Crippen LogP contribution >= 0.6 is 22.7 Å². The first-order chi connectivity index (χ1) is 14.6. The second kappa shape index (κ2) is 7.82. The van der Waals surface area contributed by atoms with Crippen LogP contribution in [0, 0.1) is 6.92 Å². The Balaban J connectivity index is 1.30. The molecular weight excluding hydrogens is 420 g/mol. The van der Waals surface area contributed by atoms with Gasteiger partial charge < -0.3 is 14.3 Å². The summed E-state index contributed by atoms with van der Waals surface area (Å²) >= 11 is 3.19. The summed E-state index contributed by atoms with van der Waals surface area (Å²) in [5, 5.41) is 2.68. The van der Waals surface area contributed by atoms with Crippen molar-refractivity contribution in [2.75, 3.05) is 26.2 Å². The molecule has 30 heavy (non-hydrogen) atoms. The van der Waals surface area contributed by atoms with Gasteiger partial charge in [0.25, 0.3) is 11.5 Å². The number of piperazine rings is 1. The number of hydrogen-bond acceptors (Lipinski definition) is 7. The summed E-state index contributed by atoms with van der Waals surface area (Å²) in [5.74, 6) is 0.950. The van der Waals surface area contributed by atoms with E-state index in [9.17, 15) is 9.59 Å². The maximum atomic E-state index is 12.8. The number of thiophene rings is 2. The number of hydrogen-bond donors (Lipinski definition) is 1. The summed E-state index contributed by atoms with van der Waals surface area (Å²) in [4.78, 5) is 39.9. The van der Waals surface area contributed by atoms with Crippen LogP contribution in [0.3, 0.4) is 0 Å². The highest BCUT2D eigenvalue weighted by atomic mass is 32.1. The zero-order valence-corrected chi connectivity index (χ0v) is 18.0. The van der Waals surface area contributed by atoms with Gasteiger partial charge in [-0.3, -0.25) is 14.5 Å². The molecule has 4 aromatic rings. The van der Waals surface area contributed by atoms with E-state index < -0.39 is 0 Å². The van der Waals surface area contributed by atoms with E-state index in [4.69, 9.17) is 9.40 Å². The maximum Gasteiger partial charge on any atom is 0.289 e. The summed E-state index contributed by atoms with van der Waals surface area (Å²) in [6.45, 7) is 5.29. The minimum atomic E-state index is -0.0936. The summed E-state index contributed by atoms with van der Waals surface area (Å²) in [5.41, 5.74) is 0.863. The third kappa shape index (κ3) is 3.60. The number of carbonyl (C=O) groups excluding carboxylic acids is 1. The second-order valence-electron chi connectivity index (χ2n) is 7.30. The predicted octanol–water partition coefficient (Wildman–Crippen LogP) is 3.57. The third-order valence-corrected chi connectivity index (χ3v) is 7.17. The smallest absolute Gasteiger partial charge is 0.289 e. The summed E-state index contributed by atoms with van der Waals surface area (Å²) in [6, 6.07) is 7.52. The van der Waals surface area contributed by atoms with E-state index in [1.807, 2.05) is 5.38 Å². The highest BCUT2D eigenvalue weighted by Gasteiger charge is 2.24. The molecule has 1 aliphatic heterocycles. The Bertz CT molecular complexity index is 1250. The molecule has 1 saturated heterocycles. The number of rotatable bonds is 4. The van der Waals surface area contributed by atoms with Crippen LogP contribution < -0.4 is 5.56 Å². The van der Waals surface area contributed by atoms with E-state index in [2.05, 4.69) is 28.9 Å². The van der Waals surface area contributed by atoms with Crippen LogP contribution in [0.2, 0.25) is 0 Å². The van der Waals surface area contributed by atoms with Crippen molar-refractivity contribution in [3.63, 3.8) is 0 Å². The molecule has 5 rings (SSSR count). The zero-order chi connectivity index (χ0) is 20.7. The van der Waals surface area contributed by atoms with Crippen molar-refractivity contribution >= 4 is 38.8 Å². The van der Waals surface area contributed by atoms with Crippen molar-refractivity contribution in [2.45, 2.75) is 13.5 Å². The first-order valence-electron chi connectivity index (χ1n) is 9.71. The molecule has 0 aliphatic carbocycles. The van der Waals surface area contributed by atoms with E-state index in [1.54, 1.807) is 28.4 Å². The first kappa shape index (κ1) is 19.2. The molecule has 0 atom stereocenters. The Morgan fingerprint density at radius 1 is 1.23 bits per heavy atom. The average Bonchev–Trinajstić information content (AvgIpc) is 3.48. The summed E-state index contributed by atoms with van der Waals surface area (Å²) in [6.07, 6.45) is 1.51. The molecule has 0 spiro atoms.